The van der Waals surface area contributed by atoms with E-state index in [1.54, 1.807) is 15.8 Å². The second-order valence-electron chi connectivity index (χ2n) is 5.01. The molecule has 0 aliphatic rings. The Morgan fingerprint density at radius 2 is 2.22 bits per heavy atom. The molecule has 1 aromatic heterocycles. The normalized spacial score (nSPS) is 14.3. The van der Waals surface area contributed by atoms with Crippen molar-refractivity contribution in [3.05, 3.63) is 18.0 Å². The molecule has 5 nitrogen and oxygen atoms in total. The molecule has 1 aromatic rings. The van der Waals surface area contributed by atoms with E-state index in [2.05, 4.69) is 5.10 Å². The molecule has 0 aromatic carbocycles. The molecule has 2 N–H and O–H groups in total. The zero-order chi connectivity index (χ0) is 13.8. The van der Waals surface area contributed by atoms with E-state index < -0.39 is 5.54 Å². The Morgan fingerprint density at radius 3 is 2.67 bits per heavy atom. The van der Waals surface area contributed by atoms with Crippen LogP contribution in [0, 0.1) is 0 Å². The van der Waals surface area contributed by atoms with Crippen LogP contribution in [0.3, 0.4) is 0 Å². The molecule has 5 heteroatoms. The molecule has 0 radical (unpaired) electrons. The molecule has 1 atom stereocenters. The highest BCUT2D eigenvalue weighted by Gasteiger charge is 2.31. The van der Waals surface area contributed by atoms with E-state index in [4.69, 9.17) is 5.73 Å². The first kappa shape index (κ1) is 14.7. The summed E-state index contributed by atoms with van der Waals surface area (Å²) < 4.78 is 1.74. The van der Waals surface area contributed by atoms with Gasteiger partial charge in [0, 0.05) is 31.9 Å². The highest BCUT2D eigenvalue weighted by molar-refractivity contribution is 5.85. The van der Waals surface area contributed by atoms with E-state index in [1.165, 1.54) is 0 Å². The maximum Gasteiger partial charge on any atom is 0.242 e. The van der Waals surface area contributed by atoms with Crippen LogP contribution in [0.25, 0.3) is 0 Å². The molecule has 0 aliphatic heterocycles. The quantitative estimate of drug-likeness (QED) is 0.829. The van der Waals surface area contributed by atoms with E-state index in [-0.39, 0.29) is 5.91 Å². The van der Waals surface area contributed by atoms with Crippen LogP contribution in [0.2, 0.25) is 0 Å². The number of hydrogen-bond donors (Lipinski definition) is 1. The summed E-state index contributed by atoms with van der Waals surface area (Å²) >= 11 is 0. The van der Waals surface area contributed by atoms with Crippen LogP contribution in [-0.4, -0.2) is 32.7 Å². The van der Waals surface area contributed by atoms with Crippen molar-refractivity contribution < 1.29 is 4.79 Å². The van der Waals surface area contributed by atoms with Crippen LogP contribution in [-0.2, 0) is 18.4 Å². The van der Waals surface area contributed by atoms with Crippen molar-refractivity contribution in [3.8, 4) is 0 Å². The molecule has 1 rings (SSSR count). The Labute approximate surface area is 109 Å². The Balaban J connectivity index is 2.74. The zero-order valence-electron chi connectivity index (χ0n) is 11.8. The molecule has 1 heterocycles. The van der Waals surface area contributed by atoms with E-state index in [0.29, 0.717) is 19.5 Å². The van der Waals surface area contributed by atoms with Gasteiger partial charge in [-0.05, 0) is 20.3 Å². The van der Waals surface area contributed by atoms with Crippen molar-refractivity contribution >= 4 is 5.91 Å². The average Bonchev–Trinajstić information content (AvgIpc) is 2.70. The minimum Gasteiger partial charge on any atom is -0.337 e. The van der Waals surface area contributed by atoms with Gasteiger partial charge in [0.2, 0.25) is 5.91 Å². The predicted octanol–water partition coefficient (Wildman–Crippen LogP) is 1.29. The standard InChI is InChI=1S/C13H24N4O/c1-5-7-13(3,14)12(18)17(6-2)10-11-8-15-16(4)9-11/h8-9H,5-7,10,14H2,1-4H3. The van der Waals surface area contributed by atoms with Crippen molar-refractivity contribution in [2.24, 2.45) is 12.8 Å². The molecule has 0 bridgehead atoms. The number of aryl methyl sites for hydroxylation is 1. The molecule has 0 saturated carbocycles. The number of hydrogen-bond acceptors (Lipinski definition) is 3. The average molecular weight is 252 g/mol. The largest absolute Gasteiger partial charge is 0.337 e. The lowest BCUT2D eigenvalue weighted by Crippen LogP contribution is -2.52. The second-order valence-corrected chi connectivity index (χ2v) is 5.01. The second kappa shape index (κ2) is 6.00. The molecule has 0 spiro atoms. The molecule has 0 fully saturated rings. The van der Waals surface area contributed by atoms with Crippen molar-refractivity contribution in [1.82, 2.24) is 14.7 Å². The Kier molecular flexibility index (Phi) is 4.90. The lowest BCUT2D eigenvalue weighted by Gasteiger charge is -2.30. The fourth-order valence-corrected chi connectivity index (χ4v) is 2.09. The third-order valence-corrected chi connectivity index (χ3v) is 3.06. The summed E-state index contributed by atoms with van der Waals surface area (Å²) in [4.78, 5) is 14.2. The molecule has 1 amide bonds. The highest BCUT2D eigenvalue weighted by atomic mass is 16.2. The summed E-state index contributed by atoms with van der Waals surface area (Å²) in [6.07, 6.45) is 5.31. The van der Waals surface area contributed by atoms with Crippen LogP contribution in [0.1, 0.15) is 39.2 Å². The fraction of sp³-hybridized carbons (Fsp3) is 0.692. The van der Waals surface area contributed by atoms with Gasteiger partial charge in [-0.3, -0.25) is 9.48 Å². The van der Waals surface area contributed by atoms with Gasteiger partial charge in [-0.2, -0.15) is 5.10 Å². The van der Waals surface area contributed by atoms with Crippen LogP contribution in [0.15, 0.2) is 12.4 Å². The minimum absolute atomic E-state index is 0.00991. The minimum atomic E-state index is -0.771. The summed E-state index contributed by atoms with van der Waals surface area (Å²) in [5.74, 6) is 0.00991. The number of nitrogens with zero attached hydrogens (tertiary/aromatic N) is 3. The van der Waals surface area contributed by atoms with Gasteiger partial charge in [-0.25, -0.2) is 0 Å². The number of nitrogens with two attached hydrogens (primary N) is 1. The van der Waals surface area contributed by atoms with E-state index in [1.807, 2.05) is 34.0 Å². The maximum absolute atomic E-state index is 12.4. The molecule has 0 saturated heterocycles. The van der Waals surface area contributed by atoms with Gasteiger partial charge in [0.25, 0.3) is 0 Å². The lowest BCUT2D eigenvalue weighted by molar-refractivity contribution is -0.137. The Morgan fingerprint density at radius 1 is 1.56 bits per heavy atom. The predicted molar refractivity (Wildman–Crippen MR) is 71.8 cm³/mol. The fourth-order valence-electron chi connectivity index (χ4n) is 2.09. The first-order chi connectivity index (χ1) is 8.40. The first-order valence-corrected chi connectivity index (χ1v) is 6.46. The van der Waals surface area contributed by atoms with Gasteiger partial charge >= 0.3 is 0 Å². The number of likely N-dealkylation sites (N-methyl/N-ethyl adjacent to an activating group) is 1. The topological polar surface area (TPSA) is 64.2 Å². The third kappa shape index (κ3) is 3.57. The summed E-state index contributed by atoms with van der Waals surface area (Å²) in [5, 5.41) is 4.11. The van der Waals surface area contributed by atoms with Gasteiger partial charge in [0.15, 0.2) is 0 Å². The van der Waals surface area contributed by atoms with Crippen molar-refractivity contribution in [2.45, 2.75) is 45.7 Å². The van der Waals surface area contributed by atoms with Crippen LogP contribution in [0.4, 0.5) is 0 Å². The van der Waals surface area contributed by atoms with Gasteiger partial charge in [-0.15, -0.1) is 0 Å². The van der Waals surface area contributed by atoms with Gasteiger partial charge < -0.3 is 10.6 Å². The van der Waals surface area contributed by atoms with Crippen molar-refractivity contribution in [3.63, 3.8) is 0 Å². The lowest BCUT2D eigenvalue weighted by atomic mass is 9.95. The third-order valence-electron chi connectivity index (χ3n) is 3.06. The monoisotopic (exact) mass is 252 g/mol. The number of amides is 1. The van der Waals surface area contributed by atoms with Crippen LogP contribution in [0.5, 0.6) is 0 Å². The summed E-state index contributed by atoms with van der Waals surface area (Å²) in [5.41, 5.74) is 6.35. The van der Waals surface area contributed by atoms with E-state index in [9.17, 15) is 4.79 Å². The van der Waals surface area contributed by atoms with E-state index >= 15 is 0 Å². The van der Waals surface area contributed by atoms with Gasteiger partial charge in [0.1, 0.15) is 0 Å². The summed E-state index contributed by atoms with van der Waals surface area (Å²) in [7, 11) is 1.87. The molecular weight excluding hydrogens is 228 g/mol. The van der Waals surface area contributed by atoms with Crippen LogP contribution >= 0.6 is 0 Å². The zero-order valence-corrected chi connectivity index (χ0v) is 11.8. The van der Waals surface area contributed by atoms with Gasteiger partial charge in [-0.1, -0.05) is 13.3 Å². The molecule has 0 aliphatic carbocycles. The molecule has 1 unspecified atom stereocenters. The Bertz CT molecular complexity index is 397. The number of rotatable bonds is 6. The highest BCUT2D eigenvalue weighted by Crippen LogP contribution is 2.14. The summed E-state index contributed by atoms with van der Waals surface area (Å²) in [6, 6.07) is 0. The SMILES string of the molecule is CCCC(C)(N)C(=O)N(CC)Cc1cnn(C)c1. The molecule has 18 heavy (non-hydrogen) atoms. The molecule has 102 valence electrons. The maximum atomic E-state index is 12.4. The van der Waals surface area contributed by atoms with Gasteiger partial charge in [0.05, 0.1) is 11.7 Å². The smallest absolute Gasteiger partial charge is 0.242 e. The molecular formula is C13H24N4O. The van der Waals surface area contributed by atoms with Crippen molar-refractivity contribution in [1.29, 1.82) is 0 Å². The first-order valence-electron chi connectivity index (χ1n) is 6.46. The number of aromatic nitrogens is 2. The van der Waals surface area contributed by atoms with Crippen LogP contribution < -0.4 is 5.73 Å². The number of carbonyl (C=O) groups excluding carboxylic acids is 1. The van der Waals surface area contributed by atoms with E-state index in [0.717, 1.165) is 12.0 Å². The number of carbonyl (C=O) groups is 1. The Hall–Kier alpha value is -1.36. The summed E-state index contributed by atoms with van der Waals surface area (Å²) in [6.45, 7) is 7.04. The van der Waals surface area contributed by atoms with Crippen molar-refractivity contribution in [2.75, 3.05) is 6.54 Å².